The highest BCUT2D eigenvalue weighted by atomic mass is 32.1. The van der Waals surface area contributed by atoms with Crippen molar-refractivity contribution in [1.29, 1.82) is 0 Å². The Balaban J connectivity index is 1.57. The predicted octanol–water partition coefficient (Wildman–Crippen LogP) is 1.42. The van der Waals surface area contributed by atoms with Crippen molar-refractivity contribution in [3.8, 4) is 5.75 Å². The van der Waals surface area contributed by atoms with Crippen molar-refractivity contribution in [3.05, 3.63) is 38.4 Å². The Morgan fingerprint density at radius 2 is 2.28 bits per heavy atom. The van der Waals surface area contributed by atoms with Crippen LogP contribution in [-0.2, 0) is 7.05 Å². The highest BCUT2D eigenvalue weighted by molar-refractivity contribution is 7.14. The van der Waals surface area contributed by atoms with Gasteiger partial charge in [0.25, 0.3) is 11.5 Å². The summed E-state index contributed by atoms with van der Waals surface area (Å²) in [4.78, 5) is 27.9. The maximum atomic E-state index is 12.4. The van der Waals surface area contributed by atoms with Crippen LogP contribution in [0.25, 0.3) is 0 Å². The van der Waals surface area contributed by atoms with E-state index in [1.807, 2.05) is 13.0 Å². The van der Waals surface area contributed by atoms with Crippen molar-refractivity contribution in [2.75, 3.05) is 31.6 Å². The van der Waals surface area contributed by atoms with E-state index in [-0.39, 0.29) is 11.5 Å². The molecular formula is C17H22N4O3S. The van der Waals surface area contributed by atoms with E-state index < -0.39 is 0 Å². The summed E-state index contributed by atoms with van der Waals surface area (Å²) in [5.74, 6) is 0.878. The van der Waals surface area contributed by atoms with Crippen LogP contribution in [-0.4, -0.2) is 42.4 Å². The van der Waals surface area contributed by atoms with Gasteiger partial charge in [0, 0.05) is 37.6 Å². The van der Waals surface area contributed by atoms with Crippen LogP contribution >= 0.6 is 11.3 Å². The van der Waals surface area contributed by atoms with E-state index in [1.165, 1.54) is 16.0 Å². The number of ether oxygens (including phenoxy) is 1. The van der Waals surface area contributed by atoms with Crippen molar-refractivity contribution >= 4 is 22.9 Å². The van der Waals surface area contributed by atoms with E-state index in [0.717, 1.165) is 30.1 Å². The number of nitrogens with zero attached hydrogens (tertiary/aromatic N) is 3. The number of rotatable bonds is 5. The molecule has 2 aromatic heterocycles. The van der Waals surface area contributed by atoms with E-state index in [4.69, 9.17) is 4.74 Å². The van der Waals surface area contributed by atoms with Crippen LogP contribution in [0, 0.1) is 12.8 Å². The molecule has 8 heteroatoms. The second kappa shape index (κ2) is 7.26. The van der Waals surface area contributed by atoms with Crippen molar-refractivity contribution < 1.29 is 9.53 Å². The first kappa shape index (κ1) is 17.5. The average molecular weight is 362 g/mol. The normalized spacial score (nSPS) is 16.9. The molecule has 0 aliphatic carbocycles. The fraction of sp³-hybridized carbons (Fsp3) is 0.471. The van der Waals surface area contributed by atoms with Crippen LogP contribution in [0.5, 0.6) is 5.75 Å². The molecule has 3 rings (SSSR count). The van der Waals surface area contributed by atoms with Gasteiger partial charge in [-0.15, -0.1) is 11.3 Å². The molecule has 1 N–H and O–H groups in total. The molecule has 25 heavy (non-hydrogen) atoms. The topological polar surface area (TPSA) is 76.5 Å². The molecule has 1 saturated heterocycles. The monoisotopic (exact) mass is 362 g/mol. The van der Waals surface area contributed by atoms with Gasteiger partial charge in [-0.2, -0.15) is 5.10 Å². The molecule has 0 spiro atoms. The lowest BCUT2D eigenvalue weighted by Gasteiger charge is -2.18. The van der Waals surface area contributed by atoms with Gasteiger partial charge in [-0.3, -0.25) is 9.59 Å². The van der Waals surface area contributed by atoms with Gasteiger partial charge in [0.1, 0.15) is 10.6 Å². The van der Waals surface area contributed by atoms with Crippen LogP contribution in [0.2, 0.25) is 0 Å². The van der Waals surface area contributed by atoms with Gasteiger partial charge in [-0.1, -0.05) is 0 Å². The average Bonchev–Trinajstić information content (AvgIpc) is 3.21. The fourth-order valence-corrected chi connectivity index (χ4v) is 3.88. The SMILES string of the molecule is COc1cc(C)sc1C(=O)NC[C@H]1CCN(c2cnn(C)c(=O)c2)C1. The lowest BCUT2D eigenvalue weighted by Crippen LogP contribution is -2.31. The highest BCUT2D eigenvalue weighted by Gasteiger charge is 2.24. The number of anilines is 1. The lowest BCUT2D eigenvalue weighted by molar-refractivity contribution is 0.0949. The Bertz CT molecular complexity index is 830. The Morgan fingerprint density at radius 1 is 1.48 bits per heavy atom. The molecule has 1 fully saturated rings. The lowest BCUT2D eigenvalue weighted by atomic mass is 10.1. The number of nitrogens with one attached hydrogen (secondary N) is 1. The molecule has 1 aliphatic rings. The molecule has 0 bridgehead atoms. The third-order valence-electron chi connectivity index (χ3n) is 4.40. The van der Waals surface area contributed by atoms with Gasteiger partial charge < -0.3 is 15.0 Å². The van der Waals surface area contributed by atoms with E-state index in [0.29, 0.717) is 23.1 Å². The summed E-state index contributed by atoms with van der Waals surface area (Å²) < 4.78 is 6.57. The molecule has 0 saturated carbocycles. The van der Waals surface area contributed by atoms with Crippen LogP contribution in [0.1, 0.15) is 21.0 Å². The molecule has 134 valence electrons. The Morgan fingerprint density at radius 3 is 3.00 bits per heavy atom. The largest absolute Gasteiger partial charge is 0.495 e. The van der Waals surface area contributed by atoms with E-state index in [2.05, 4.69) is 15.3 Å². The number of hydrogen-bond donors (Lipinski definition) is 1. The minimum absolute atomic E-state index is 0.0938. The molecule has 1 atom stereocenters. The van der Waals surface area contributed by atoms with Crippen molar-refractivity contribution in [1.82, 2.24) is 15.1 Å². The molecule has 0 aromatic carbocycles. The number of carbonyl (C=O) groups is 1. The van der Waals surface area contributed by atoms with E-state index in [1.54, 1.807) is 26.4 Å². The molecule has 0 radical (unpaired) electrons. The standard InChI is InChI=1S/C17H22N4O3S/c1-11-6-14(24-3)16(25-11)17(23)18-8-12-4-5-21(10-12)13-7-15(22)20(2)19-9-13/h6-7,9,12H,4-5,8,10H2,1-3H3,(H,18,23)/t12-/m1/s1. The van der Waals surface area contributed by atoms with E-state index >= 15 is 0 Å². The van der Waals surface area contributed by atoms with Crippen LogP contribution < -0.4 is 20.5 Å². The molecule has 0 unspecified atom stereocenters. The first-order chi connectivity index (χ1) is 12.0. The van der Waals surface area contributed by atoms with Crippen LogP contribution in [0.3, 0.4) is 0 Å². The first-order valence-electron chi connectivity index (χ1n) is 8.19. The fourth-order valence-electron chi connectivity index (χ4n) is 2.98. The zero-order valence-corrected chi connectivity index (χ0v) is 15.4. The second-order valence-electron chi connectivity index (χ2n) is 6.24. The number of aromatic nitrogens is 2. The second-order valence-corrected chi connectivity index (χ2v) is 7.50. The van der Waals surface area contributed by atoms with Gasteiger partial charge in [-0.25, -0.2) is 4.68 Å². The molecule has 1 amide bonds. The third kappa shape index (κ3) is 3.84. The van der Waals surface area contributed by atoms with Gasteiger partial charge in [-0.05, 0) is 25.3 Å². The summed E-state index contributed by atoms with van der Waals surface area (Å²) >= 11 is 1.44. The molecular weight excluding hydrogens is 340 g/mol. The minimum atomic E-state index is -0.116. The van der Waals surface area contributed by atoms with Crippen LogP contribution in [0.4, 0.5) is 5.69 Å². The number of methoxy groups -OCH3 is 1. The Labute approximate surface area is 150 Å². The highest BCUT2D eigenvalue weighted by Crippen LogP contribution is 2.28. The number of hydrogen-bond acceptors (Lipinski definition) is 6. The summed E-state index contributed by atoms with van der Waals surface area (Å²) in [5, 5.41) is 7.07. The van der Waals surface area contributed by atoms with Crippen molar-refractivity contribution in [2.45, 2.75) is 13.3 Å². The number of carbonyl (C=O) groups excluding carboxylic acids is 1. The molecule has 7 nitrogen and oxygen atoms in total. The zero-order chi connectivity index (χ0) is 18.0. The first-order valence-corrected chi connectivity index (χ1v) is 9.00. The smallest absolute Gasteiger partial charge is 0.268 e. The van der Waals surface area contributed by atoms with Gasteiger partial charge in [0.2, 0.25) is 0 Å². The molecule has 3 heterocycles. The van der Waals surface area contributed by atoms with Gasteiger partial charge in [0.15, 0.2) is 0 Å². The summed E-state index contributed by atoms with van der Waals surface area (Å²) in [7, 11) is 3.21. The quantitative estimate of drug-likeness (QED) is 0.870. The van der Waals surface area contributed by atoms with Gasteiger partial charge in [0.05, 0.1) is 19.0 Å². The number of thiophene rings is 1. The Kier molecular flexibility index (Phi) is 5.08. The van der Waals surface area contributed by atoms with Crippen LogP contribution in [0.15, 0.2) is 23.1 Å². The van der Waals surface area contributed by atoms with E-state index in [9.17, 15) is 9.59 Å². The van der Waals surface area contributed by atoms with Crippen molar-refractivity contribution in [2.24, 2.45) is 13.0 Å². The maximum Gasteiger partial charge on any atom is 0.268 e. The molecule has 2 aromatic rings. The zero-order valence-electron chi connectivity index (χ0n) is 14.6. The van der Waals surface area contributed by atoms with Crippen molar-refractivity contribution in [3.63, 3.8) is 0 Å². The maximum absolute atomic E-state index is 12.4. The third-order valence-corrected chi connectivity index (χ3v) is 5.43. The summed E-state index contributed by atoms with van der Waals surface area (Å²) in [5.41, 5.74) is 0.724. The molecule has 1 aliphatic heterocycles. The summed E-state index contributed by atoms with van der Waals surface area (Å²) in [6.45, 7) is 4.22. The minimum Gasteiger partial charge on any atom is -0.495 e. The number of aryl methyl sites for hydroxylation is 2. The summed E-state index contributed by atoms with van der Waals surface area (Å²) in [6, 6.07) is 3.48. The predicted molar refractivity (Wildman–Crippen MR) is 97.7 cm³/mol. The number of amides is 1. The summed E-state index contributed by atoms with van der Waals surface area (Å²) in [6.07, 6.45) is 2.68. The van der Waals surface area contributed by atoms with Gasteiger partial charge >= 0.3 is 0 Å². The Hall–Kier alpha value is -2.35.